The number of hydrogen-bond acceptors (Lipinski definition) is 5. The Hall–Kier alpha value is -1.47. The lowest BCUT2D eigenvalue weighted by Gasteiger charge is -2.07. The van der Waals surface area contributed by atoms with Gasteiger partial charge in [-0.05, 0) is 31.0 Å². The van der Waals surface area contributed by atoms with Gasteiger partial charge in [-0.3, -0.25) is 4.79 Å². The van der Waals surface area contributed by atoms with Gasteiger partial charge in [0.2, 0.25) is 0 Å². The number of nitrogens with zero attached hydrogens (tertiary/aromatic N) is 1. The van der Waals surface area contributed by atoms with Crippen molar-refractivity contribution in [2.45, 2.75) is 11.4 Å². The summed E-state index contributed by atoms with van der Waals surface area (Å²) in [4.78, 5) is 14.8. The maximum atomic E-state index is 11.3. The second kappa shape index (κ2) is 5.24. The summed E-state index contributed by atoms with van der Waals surface area (Å²) in [6.45, 7) is 0.398. The normalized spacial score (nSPS) is 11.4. The van der Waals surface area contributed by atoms with Crippen LogP contribution in [0.25, 0.3) is 0 Å². The van der Waals surface area contributed by atoms with Crippen molar-refractivity contribution < 1.29 is 13.2 Å². The van der Waals surface area contributed by atoms with Crippen LogP contribution in [0.1, 0.15) is 22.3 Å². The number of carbonyl (C=O) groups is 1. The zero-order valence-corrected chi connectivity index (χ0v) is 10.2. The van der Waals surface area contributed by atoms with Crippen LogP contribution in [0.4, 0.5) is 0 Å². The first-order chi connectivity index (χ1) is 7.86. The molecule has 93 valence electrons. The van der Waals surface area contributed by atoms with Crippen molar-refractivity contribution in [1.82, 2.24) is 4.98 Å². The Morgan fingerprint density at radius 2 is 2.18 bits per heavy atom. The van der Waals surface area contributed by atoms with E-state index in [2.05, 4.69) is 4.98 Å². The van der Waals surface area contributed by atoms with E-state index in [1.807, 2.05) is 0 Å². The van der Waals surface area contributed by atoms with Gasteiger partial charge in [0.15, 0.2) is 14.9 Å². The molecule has 0 bridgehead atoms. The lowest BCUT2D eigenvalue weighted by molar-refractivity contribution is 0.0999. The highest BCUT2D eigenvalue weighted by atomic mass is 32.2. The Bertz CT molecular complexity index is 526. The molecule has 0 saturated carbocycles. The van der Waals surface area contributed by atoms with Crippen molar-refractivity contribution in [2.24, 2.45) is 11.5 Å². The van der Waals surface area contributed by atoms with E-state index in [0.29, 0.717) is 18.5 Å². The minimum absolute atomic E-state index is 0.0919. The summed E-state index contributed by atoms with van der Waals surface area (Å²) in [5.41, 5.74) is 11.1. The van der Waals surface area contributed by atoms with Crippen LogP contribution in [0.2, 0.25) is 0 Å². The number of nitrogens with two attached hydrogens (primary N) is 2. The Morgan fingerprint density at radius 1 is 1.53 bits per heavy atom. The number of rotatable bonds is 5. The van der Waals surface area contributed by atoms with Gasteiger partial charge in [-0.2, -0.15) is 0 Å². The van der Waals surface area contributed by atoms with Gasteiger partial charge in [0, 0.05) is 12.5 Å². The smallest absolute Gasteiger partial charge is 0.250 e. The van der Waals surface area contributed by atoms with Gasteiger partial charge in [-0.1, -0.05) is 0 Å². The molecule has 0 atom stereocenters. The van der Waals surface area contributed by atoms with Crippen LogP contribution in [-0.4, -0.2) is 32.1 Å². The quantitative estimate of drug-likeness (QED) is 0.735. The van der Waals surface area contributed by atoms with E-state index in [-0.39, 0.29) is 10.6 Å². The molecule has 0 aliphatic heterocycles. The fourth-order valence-electron chi connectivity index (χ4n) is 1.27. The highest BCUT2D eigenvalue weighted by molar-refractivity contribution is 7.90. The Kier molecular flexibility index (Phi) is 4.19. The summed E-state index contributed by atoms with van der Waals surface area (Å²) in [5.74, 6) is -0.652. The van der Waals surface area contributed by atoms with Gasteiger partial charge in [-0.15, -0.1) is 0 Å². The minimum atomic E-state index is -3.41. The maximum absolute atomic E-state index is 11.3. The van der Waals surface area contributed by atoms with E-state index < -0.39 is 15.7 Å². The zero-order valence-electron chi connectivity index (χ0n) is 9.38. The van der Waals surface area contributed by atoms with Gasteiger partial charge in [0.05, 0.1) is 5.56 Å². The largest absolute Gasteiger partial charge is 0.366 e. The first-order valence-corrected chi connectivity index (χ1v) is 6.78. The van der Waals surface area contributed by atoms with E-state index in [1.165, 1.54) is 12.3 Å². The molecule has 1 aromatic heterocycles. The third kappa shape index (κ3) is 3.50. The van der Waals surface area contributed by atoms with E-state index >= 15 is 0 Å². The highest BCUT2D eigenvalue weighted by Gasteiger charge is 2.15. The van der Waals surface area contributed by atoms with E-state index in [9.17, 15) is 13.2 Å². The number of sulfone groups is 1. The van der Waals surface area contributed by atoms with Crippen molar-refractivity contribution in [3.05, 3.63) is 29.8 Å². The predicted octanol–water partition coefficient (Wildman–Crippen LogP) is -0.515. The number of amides is 1. The topological polar surface area (TPSA) is 116 Å². The average molecular weight is 256 g/mol. The van der Waals surface area contributed by atoms with Crippen LogP contribution in [0.15, 0.2) is 17.3 Å². The molecule has 1 heterocycles. The maximum Gasteiger partial charge on any atom is 0.250 e. The lowest BCUT2D eigenvalue weighted by atomic mass is 10.1. The number of pyridine rings is 1. The first kappa shape index (κ1) is 13.6. The third-order valence-electron chi connectivity index (χ3n) is 2.09. The van der Waals surface area contributed by atoms with Crippen LogP contribution in [0, 0.1) is 6.42 Å². The van der Waals surface area contributed by atoms with Crippen molar-refractivity contribution in [3.63, 3.8) is 0 Å². The van der Waals surface area contributed by atoms with Crippen LogP contribution >= 0.6 is 0 Å². The molecule has 4 N–H and O–H groups in total. The molecule has 1 aromatic rings. The van der Waals surface area contributed by atoms with Crippen molar-refractivity contribution >= 4 is 15.7 Å². The predicted molar refractivity (Wildman–Crippen MR) is 62.9 cm³/mol. The molecule has 7 heteroatoms. The van der Waals surface area contributed by atoms with Crippen molar-refractivity contribution in [2.75, 3.05) is 12.8 Å². The second-order valence-electron chi connectivity index (χ2n) is 3.53. The molecular weight excluding hydrogens is 242 g/mol. The molecule has 0 aliphatic rings. The van der Waals surface area contributed by atoms with E-state index in [1.54, 1.807) is 6.42 Å². The molecule has 0 spiro atoms. The minimum Gasteiger partial charge on any atom is -0.366 e. The van der Waals surface area contributed by atoms with Gasteiger partial charge in [0.25, 0.3) is 5.91 Å². The van der Waals surface area contributed by atoms with Gasteiger partial charge in [-0.25, -0.2) is 13.4 Å². The Labute approximate surface area is 99.9 Å². The zero-order chi connectivity index (χ0) is 13.1. The fourth-order valence-corrected chi connectivity index (χ4v) is 1.85. The van der Waals surface area contributed by atoms with Crippen LogP contribution in [-0.2, 0) is 9.84 Å². The highest BCUT2D eigenvalue weighted by Crippen LogP contribution is 2.16. The molecule has 0 unspecified atom stereocenters. The summed E-state index contributed by atoms with van der Waals surface area (Å²) in [7, 11) is -3.41. The monoisotopic (exact) mass is 256 g/mol. The molecule has 1 radical (unpaired) electrons. The second-order valence-corrected chi connectivity index (χ2v) is 5.49. The molecule has 0 aliphatic carbocycles. The molecule has 0 saturated heterocycles. The Balaban J connectivity index is 3.24. The van der Waals surface area contributed by atoms with Gasteiger partial charge < -0.3 is 11.5 Å². The van der Waals surface area contributed by atoms with Gasteiger partial charge in [0.1, 0.15) is 0 Å². The molecule has 0 aromatic carbocycles. The van der Waals surface area contributed by atoms with Crippen LogP contribution in [0.3, 0.4) is 0 Å². The lowest BCUT2D eigenvalue weighted by Crippen LogP contribution is -2.15. The Morgan fingerprint density at radius 3 is 2.65 bits per heavy atom. The van der Waals surface area contributed by atoms with E-state index in [4.69, 9.17) is 11.5 Å². The molecule has 1 rings (SSSR count). The van der Waals surface area contributed by atoms with Crippen LogP contribution in [0.5, 0.6) is 0 Å². The number of primary amides is 1. The summed E-state index contributed by atoms with van der Waals surface area (Å²) in [5, 5.41) is -0.0919. The SMILES string of the molecule is CS(=O)(=O)c1cc([CH]CCN)c(C(N)=O)cn1. The van der Waals surface area contributed by atoms with E-state index in [0.717, 1.165) is 6.26 Å². The third-order valence-corrected chi connectivity index (χ3v) is 3.07. The summed E-state index contributed by atoms with van der Waals surface area (Å²) in [6, 6.07) is 1.32. The van der Waals surface area contributed by atoms with Gasteiger partial charge >= 0.3 is 0 Å². The summed E-state index contributed by atoms with van der Waals surface area (Å²) >= 11 is 0. The molecular formula is C10H14N3O3S. The standard InChI is InChI=1S/C10H14N3O3S/c1-17(15,16)9-5-7(3-2-4-11)8(6-13-9)10(12)14/h3,5-6H,2,4,11H2,1H3,(H2,12,14). The van der Waals surface area contributed by atoms with Crippen LogP contribution < -0.4 is 11.5 Å². The number of hydrogen-bond donors (Lipinski definition) is 2. The fraction of sp³-hybridized carbons (Fsp3) is 0.300. The summed E-state index contributed by atoms with van der Waals surface area (Å²) in [6.07, 6.45) is 4.40. The summed E-state index contributed by atoms with van der Waals surface area (Å²) < 4.78 is 22.6. The molecule has 6 nitrogen and oxygen atoms in total. The molecule has 1 amide bonds. The average Bonchev–Trinajstić information content (AvgIpc) is 2.24. The molecule has 0 fully saturated rings. The van der Waals surface area contributed by atoms with Crippen molar-refractivity contribution in [1.29, 1.82) is 0 Å². The molecule has 17 heavy (non-hydrogen) atoms. The first-order valence-electron chi connectivity index (χ1n) is 4.89. The number of carbonyl (C=O) groups excluding carboxylic acids is 1. The van der Waals surface area contributed by atoms with Crippen molar-refractivity contribution in [3.8, 4) is 0 Å². The number of aromatic nitrogens is 1.